The molecule has 0 spiro atoms. The summed E-state index contributed by atoms with van der Waals surface area (Å²) in [4.78, 5) is 26.2. The molecule has 2 N–H and O–H groups in total. The van der Waals surface area contributed by atoms with Crippen LogP contribution < -0.4 is 15.2 Å². The molecule has 1 saturated heterocycles. The number of fused-ring (bicyclic) bond motifs is 1. The summed E-state index contributed by atoms with van der Waals surface area (Å²) in [6, 6.07) is 5.40. The van der Waals surface area contributed by atoms with Gasteiger partial charge in [0, 0.05) is 13.7 Å². The van der Waals surface area contributed by atoms with Gasteiger partial charge in [0.05, 0.1) is 13.0 Å². The van der Waals surface area contributed by atoms with Gasteiger partial charge in [-0.3, -0.25) is 9.59 Å². The molecule has 0 aliphatic carbocycles. The predicted octanol–water partition coefficient (Wildman–Crippen LogP) is 0.451. The fourth-order valence-corrected chi connectivity index (χ4v) is 3.28. The molecule has 0 bridgehead atoms. The first-order valence-electron chi connectivity index (χ1n) is 7.55. The number of rotatable bonds is 5. The molecule has 0 radical (unpaired) electrons. The topological polar surface area (TPSA) is 91.1 Å². The summed E-state index contributed by atoms with van der Waals surface area (Å²) in [6.45, 7) is 0.822. The molecule has 124 valence electrons. The number of amides is 2. The van der Waals surface area contributed by atoms with Crippen LogP contribution in [-0.2, 0) is 20.7 Å². The highest BCUT2D eigenvalue weighted by atomic mass is 16.7. The SMILES string of the molecule is COCC1(C(N)=O)CCCN1C(=O)Cc1ccc2c(c1)OCO2. The molecule has 2 aliphatic rings. The van der Waals surface area contributed by atoms with Crippen molar-refractivity contribution in [2.45, 2.75) is 24.8 Å². The van der Waals surface area contributed by atoms with Crippen molar-refractivity contribution in [3.8, 4) is 11.5 Å². The minimum atomic E-state index is -1.04. The van der Waals surface area contributed by atoms with Crippen LogP contribution in [0.4, 0.5) is 0 Å². The zero-order valence-electron chi connectivity index (χ0n) is 13.0. The van der Waals surface area contributed by atoms with Crippen LogP contribution in [-0.4, -0.2) is 49.3 Å². The molecule has 1 aromatic rings. The van der Waals surface area contributed by atoms with Crippen LogP contribution in [0, 0.1) is 0 Å². The number of carbonyl (C=O) groups is 2. The van der Waals surface area contributed by atoms with Gasteiger partial charge < -0.3 is 24.8 Å². The quantitative estimate of drug-likeness (QED) is 0.850. The summed E-state index contributed by atoms with van der Waals surface area (Å²) in [7, 11) is 1.50. The van der Waals surface area contributed by atoms with Crippen molar-refractivity contribution in [2.24, 2.45) is 5.73 Å². The Morgan fingerprint density at radius 2 is 2.13 bits per heavy atom. The summed E-state index contributed by atoms with van der Waals surface area (Å²) >= 11 is 0. The maximum atomic E-state index is 12.7. The summed E-state index contributed by atoms with van der Waals surface area (Å²) < 4.78 is 15.7. The van der Waals surface area contributed by atoms with Gasteiger partial charge in [-0.25, -0.2) is 0 Å². The zero-order valence-corrected chi connectivity index (χ0v) is 13.0. The van der Waals surface area contributed by atoms with E-state index < -0.39 is 11.4 Å². The van der Waals surface area contributed by atoms with Crippen molar-refractivity contribution in [1.29, 1.82) is 0 Å². The second kappa shape index (κ2) is 6.08. The third-order valence-corrected chi connectivity index (χ3v) is 4.42. The summed E-state index contributed by atoms with van der Waals surface area (Å²) in [5.41, 5.74) is 5.33. The van der Waals surface area contributed by atoms with E-state index in [1.807, 2.05) is 6.07 Å². The van der Waals surface area contributed by atoms with Crippen molar-refractivity contribution >= 4 is 11.8 Å². The van der Waals surface area contributed by atoms with Gasteiger partial charge >= 0.3 is 0 Å². The highest BCUT2D eigenvalue weighted by Gasteiger charge is 2.48. The van der Waals surface area contributed by atoms with Gasteiger partial charge in [-0.1, -0.05) is 6.07 Å². The zero-order chi connectivity index (χ0) is 16.4. The average Bonchev–Trinajstić information content (AvgIpc) is 3.14. The van der Waals surface area contributed by atoms with Crippen LogP contribution in [0.1, 0.15) is 18.4 Å². The fraction of sp³-hybridized carbons (Fsp3) is 0.500. The van der Waals surface area contributed by atoms with Gasteiger partial charge in [-0.2, -0.15) is 0 Å². The van der Waals surface area contributed by atoms with Crippen LogP contribution >= 0.6 is 0 Å². The second-order valence-electron chi connectivity index (χ2n) is 5.84. The van der Waals surface area contributed by atoms with Crippen molar-refractivity contribution in [3.63, 3.8) is 0 Å². The number of primary amides is 1. The molecule has 1 atom stereocenters. The molecular formula is C16H20N2O5. The smallest absolute Gasteiger partial charge is 0.245 e. The molecule has 3 rings (SSSR count). The first-order valence-corrected chi connectivity index (χ1v) is 7.55. The number of likely N-dealkylation sites (tertiary alicyclic amines) is 1. The first kappa shape index (κ1) is 15.6. The van der Waals surface area contributed by atoms with Crippen molar-refractivity contribution in [1.82, 2.24) is 4.90 Å². The van der Waals surface area contributed by atoms with Gasteiger partial charge in [0.25, 0.3) is 0 Å². The summed E-state index contributed by atoms with van der Waals surface area (Å²) in [5.74, 6) is 0.649. The van der Waals surface area contributed by atoms with E-state index in [9.17, 15) is 9.59 Å². The number of nitrogens with two attached hydrogens (primary N) is 1. The van der Waals surface area contributed by atoms with E-state index in [0.717, 1.165) is 12.0 Å². The Morgan fingerprint density at radius 1 is 1.35 bits per heavy atom. The summed E-state index contributed by atoms with van der Waals surface area (Å²) in [6.07, 6.45) is 1.44. The Bertz CT molecular complexity index is 633. The van der Waals surface area contributed by atoms with E-state index in [4.69, 9.17) is 19.9 Å². The molecule has 1 unspecified atom stereocenters. The Balaban J connectivity index is 1.78. The Kier molecular flexibility index (Phi) is 4.12. The average molecular weight is 320 g/mol. The molecule has 0 saturated carbocycles. The van der Waals surface area contributed by atoms with Gasteiger partial charge in [0.1, 0.15) is 5.54 Å². The standard InChI is InChI=1S/C16H20N2O5/c1-21-9-16(15(17)20)5-2-6-18(16)14(19)8-11-3-4-12-13(7-11)23-10-22-12/h3-4,7H,2,5-6,8-10H2,1H3,(H2,17,20). The fourth-order valence-electron chi connectivity index (χ4n) is 3.28. The highest BCUT2D eigenvalue weighted by Crippen LogP contribution is 2.34. The predicted molar refractivity (Wildman–Crippen MR) is 81.0 cm³/mol. The minimum absolute atomic E-state index is 0.120. The Labute approximate surface area is 134 Å². The highest BCUT2D eigenvalue weighted by molar-refractivity contribution is 5.92. The lowest BCUT2D eigenvalue weighted by Crippen LogP contribution is -2.59. The number of hydrogen-bond donors (Lipinski definition) is 1. The third-order valence-electron chi connectivity index (χ3n) is 4.42. The number of carbonyl (C=O) groups excluding carboxylic acids is 2. The normalized spacial score (nSPS) is 22.4. The number of hydrogen-bond acceptors (Lipinski definition) is 5. The Hall–Kier alpha value is -2.28. The van der Waals surface area contributed by atoms with E-state index >= 15 is 0 Å². The molecule has 1 aromatic carbocycles. The molecule has 23 heavy (non-hydrogen) atoms. The van der Waals surface area contributed by atoms with Crippen LogP contribution in [0.2, 0.25) is 0 Å². The van der Waals surface area contributed by atoms with Gasteiger partial charge in [-0.05, 0) is 30.5 Å². The summed E-state index contributed by atoms with van der Waals surface area (Å²) in [5, 5.41) is 0. The van der Waals surface area contributed by atoms with Crippen LogP contribution in [0.3, 0.4) is 0 Å². The number of benzene rings is 1. The lowest BCUT2D eigenvalue weighted by molar-refractivity contribution is -0.146. The maximum Gasteiger partial charge on any atom is 0.245 e. The van der Waals surface area contributed by atoms with Crippen molar-refractivity contribution < 1.29 is 23.8 Å². The van der Waals surface area contributed by atoms with Crippen LogP contribution in [0.15, 0.2) is 18.2 Å². The molecule has 2 heterocycles. The van der Waals surface area contributed by atoms with Crippen LogP contribution in [0.5, 0.6) is 11.5 Å². The molecule has 7 nitrogen and oxygen atoms in total. The van der Waals surface area contributed by atoms with Crippen molar-refractivity contribution in [3.05, 3.63) is 23.8 Å². The molecule has 1 fully saturated rings. The third kappa shape index (κ3) is 2.72. The minimum Gasteiger partial charge on any atom is -0.454 e. The molecule has 7 heteroatoms. The molecule has 0 aromatic heterocycles. The molecule has 2 amide bonds. The van der Waals surface area contributed by atoms with Crippen LogP contribution in [0.25, 0.3) is 0 Å². The number of ether oxygens (including phenoxy) is 3. The molecular weight excluding hydrogens is 300 g/mol. The monoisotopic (exact) mass is 320 g/mol. The van der Waals surface area contributed by atoms with Gasteiger partial charge in [0.2, 0.25) is 18.6 Å². The maximum absolute atomic E-state index is 12.7. The van der Waals surface area contributed by atoms with E-state index in [1.165, 1.54) is 7.11 Å². The van der Waals surface area contributed by atoms with E-state index in [2.05, 4.69) is 0 Å². The van der Waals surface area contributed by atoms with Gasteiger partial charge in [-0.15, -0.1) is 0 Å². The Morgan fingerprint density at radius 3 is 2.87 bits per heavy atom. The lowest BCUT2D eigenvalue weighted by atomic mass is 9.95. The van der Waals surface area contributed by atoms with Gasteiger partial charge in [0.15, 0.2) is 11.5 Å². The largest absolute Gasteiger partial charge is 0.454 e. The molecule has 2 aliphatic heterocycles. The second-order valence-corrected chi connectivity index (χ2v) is 5.84. The van der Waals surface area contributed by atoms with E-state index in [-0.39, 0.29) is 25.7 Å². The lowest BCUT2D eigenvalue weighted by Gasteiger charge is -2.35. The van der Waals surface area contributed by atoms with Crippen molar-refractivity contribution in [2.75, 3.05) is 27.1 Å². The first-order chi connectivity index (χ1) is 11.1. The van der Waals surface area contributed by atoms with E-state index in [1.54, 1.807) is 17.0 Å². The van der Waals surface area contributed by atoms with E-state index in [0.29, 0.717) is 24.5 Å². The number of nitrogens with zero attached hydrogens (tertiary/aromatic N) is 1. The number of methoxy groups -OCH3 is 1.